The van der Waals surface area contributed by atoms with Gasteiger partial charge in [0.1, 0.15) is 23.1 Å². The summed E-state index contributed by atoms with van der Waals surface area (Å²) in [5.74, 6) is 1.36. The van der Waals surface area contributed by atoms with E-state index in [1.54, 1.807) is 39.7 Å². The molecule has 0 bridgehead atoms. The van der Waals surface area contributed by atoms with Crippen LogP contribution in [0.25, 0.3) is 11.1 Å². The van der Waals surface area contributed by atoms with Crippen molar-refractivity contribution in [1.29, 1.82) is 5.26 Å². The van der Waals surface area contributed by atoms with Gasteiger partial charge in [-0.05, 0) is 79.0 Å². The van der Waals surface area contributed by atoms with E-state index in [0.717, 1.165) is 83.9 Å². The molecule has 3 aromatic rings. The van der Waals surface area contributed by atoms with E-state index in [9.17, 15) is 19.2 Å². The maximum absolute atomic E-state index is 13.8. The van der Waals surface area contributed by atoms with Gasteiger partial charge in [-0.15, -0.1) is 0 Å². The molecule has 10 heteroatoms. The number of benzene rings is 2. The highest BCUT2D eigenvalue weighted by Crippen LogP contribution is 2.47. The van der Waals surface area contributed by atoms with Gasteiger partial charge >= 0.3 is 0 Å². The second-order valence-electron chi connectivity index (χ2n) is 16.6. The first-order valence-electron chi connectivity index (χ1n) is 19.2. The van der Waals surface area contributed by atoms with E-state index < -0.39 is 12.1 Å². The predicted octanol–water partition coefficient (Wildman–Crippen LogP) is 7.06. The van der Waals surface area contributed by atoms with Gasteiger partial charge in [0.25, 0.3) is 11.5 Å². The van der Waals surface area contributed by atoms with Crippen LogP contribution >= 0.6 is 0 Å². The fourth-order valence-corrected chi connectivity index (χ4v) is 8.68. The maximum atomic E-state index is 13.8. The van der Waals surface area contributed by atoms with Crippen LogP contribution in [0.4, 0.5) is 4.39 Å². The Bertz CT molecular complexity index is 2030. The van der Waals surface area contributed by atoms with Crippen LogP contribution in [0.15, 0.2) is 53.0 Å². The summed E-state index contributed by atoms with van der Waals surface area (Å²) in [4.78, 5) is 33.4. The molecular formula is C44H56FN5O4. The summed E-state index contributed by atoms with van der Waals surface area (Å²) in [6, 6.07) is 12.5. The Kier molecular flexibility index (Phi) is 11.2. The Hall–Kier alpha value is -4.46. The molecule has 2 fully saturated rings. The van der Waals surface area contributed by atoms with E-state index in [4.69, 9.17) is 9.47 Å². The molecule has 1 saturated carbocycles. The summed E-state index contributed by atoms with van der Waals surface area (Å²) >= 11 is 0. The summed E-state index contributed by atoms with van der Waals surface area (Å²) in [6.07, 6.45) is 6.38. The van der Waals surface area contributed by atoms with Gasteiger partial charge in [0.15, 0.2) is 0 Å². The van der Waals surface area contributed by atoms with Gasteiger partial charge < -0.3 is 18.9 Å². The standard InChI is InChI=1S/C44H56FN5O4/c1-28(2)40-35-12-10-11-31(34(35)13-16-50(40)42(52)33(22-46)21-43(5,6)26-45)23-49-18-17-48(27-44(49)14-15-44)25-37-38(53-8)19-32(20-39(37)54-9)36-24-47(7)41(51)30(4)29(36)3/h10-12,19-21,24,28,40H,13-18,23,25-27H2,1-9H3/b33-21-. The molecule has 1 spiro atoms. The van der Waals surface area contributed by atoms with Crippen molar-refractivity contribution in [3.63, 3.8) is 0 Å². The summed E-state index contributed by atoms with van der Waals surface area (Å²) in [5.41, 5.74) is 7.64. The van der Waals surface area contributed by atoms with E-state index >= 15 is 0 Å². The molecule has 3 heterocycles. The zero-order valence-electron chi connectivity index (χ0n) is 33.5. The molecule has 3 aliphatic rings. The molecule has 1 atom stereocenters. The Labute approximate surface area is 320 Å². The van der Waals surface area contributed by atoms with E-state index in [1.807, 2.05) is 24.9 Å². The van der Waals surface area contributed by atoms with Gasteiger partial charge in [-0.1, -0.05) is 52.0 Å². The van der Waals surface area contributed by atoms with Gasteiger partial charge in [-0.25, -0.2) is 0 Å². The molecule has 288 valence electrons. The van der Waals surface area contributed by atoms with E-state index in [-0.39, 0.29) is 34.5 Å². The van der Waals surface area contributed by atoms with Crippen LogP contribution in [0, 0.1) is 36.5 Å². The number of allylic oxidation sites excluding steroid dienone is 1. The Balaban J connectivity index is 1.21. The third-order valence-corrected chi connectivity index (χ3v) is 12.0. The monoisotopic (exact) mass is 737 g/mol. The maximum Gasteiger partial charge on any atom is 0.264 e. The first kappa shape index (κ1) is 39.2. The van der Waals surface area contributed by atoms with Crippen molar-refractivity contribution in [2.75, 3.05) is 47.1 Å². The number of carbonyl (C=O) groups is 1. The first-order chi connectivity index (χ1) is 25.7. The molecule has 9 nitrogen and oxygen atoms in total. The van der Waals surface area contributed by atoms with Crippen molar-refractivity contribution < 1.29 is 18.7 Å². The van der Waals surface area contributed by atoms with Gasteiger partial charge in [-0.3, -0.25) is 23.8 Å². The second-order valence-corrected chi connectivity index (χ2v) is 16.6. The van der Waals surface area contributed by atoms with Crippen LogP contribution in [0.1, 0.15) is 80.0 Å². The number of hydrogen-bond donors (Lipinski definition) is 0. The zero-order chi connectivity index (χ0) is 39.1. The number of alkyl halides is 1. The first-order valence-corrected chi connectivity index (χ1v) is 19.2. The van der Waals surface area contributed by atoms with Crippen LogP contribution in [-0.2, 0) is 31.4 Å². The minimum atomic E-state index is -0.884. The molecule has 1 amide bonds. The molecule has 1 aromatic heterocycles. The van der Waals surface area contributed by atoms with Gasteiger partial charge in [-0.2, -0.15) is 5.26 Å². The fourth-order valence-electron chi connectivity index (χ4n) is 8.68. The van der Waals surface area contributed by atoms with Crippen molar-refractivity contribution in [2.45, 2.75) is 85.5 Å². The number of amides is 1. The molecule has 0 radical (unpaired) electrons. The molecule has 6 rings (SSSR count). The Morgan fingerprint density at radius 1 is 1.07 bits per heavy atom. The van der Waals surface area contributed by atoms with Crippen LogP contribution in [0.3, 0.4) is 0 Å². The lowest BCUT2D eigenvalue weighted by Crippen LogP contribution is -2.54. The number of halogens is 1. The number of rotatable bonds is 11. The number of fused-ring (bicyclic) bond motifs is 1. The molecule has 2 aliphatic heterocycles. The number of methoxy groups -OCH3 is 2. The number of hydrogen-bond acceptors (Lipinski definition) is 7. The van der Waals surface area contributed by atoms with Crippen molar-refractivity contribution in [2.24, 2.45) is 18.4 Å². The number of pyridine rings is 1. The average Bonchev–Trinajstić information content (AvgIpc) is 3.93. The summed E-state index contributed by atoms with van der Waals surface area (Å²) < 4.78 is 27.3. The number of nitriles is 1. The lowest BCUT2D eigenvalue weighted by Gasteiger charge is -2.44. The Morgan fingerprint density at radius 2 is 1.76 bits per heavy atom. The minimum Gasteiger partial charge on any atom is -0.496 e. The molecule has 54 heavy (non-hydrogen) atoms. The largest absolute Gasteiger partial charge is 0.496 e. The highest BCUT2D eigenvalue weighted by atomic mass is 19.1. The van der Waals surface area contributed by atoms with Crippen molar-refractivity contribution in [3.8, 4) is 28.7 Å². The van der Waals surface area contributed by atoms with Gasteiger partial charge in [0.05, 0.1) is 32.5 Å². The minimum absolute atomic E-state index is 0.00445. The zero-order valence-corrected chi connectivity index (χ0v) is 33.5. The van der Waals surface area contributed by atoms with Crippen LogP contribution in [0.5, 0.6) is 11.5 Å². The summed E-state index contributed by atoms with van der Waals surface area (Å²) in [6.45, 7) is 15.7. The average molecular weight is 738 g/mol. The number of carbonyl (C=O) groups excluding carboxylic acids is 1. The van der Waals surface area contributed by atoms with Crippen molar-refractivity contribution >= 4 is 5.91 Å². The highest BCUT2D eigenvalue weighted by molar-refractivity contribution is 5.97. The van der Waals surface area contributed by atoms with Crippen LogP contribution < -0.4 is 15.0 Å². The molecule has 1 aliphatic carbocycles. The fraction of sp³-hybridized carbons (Fsp3) is 0.523. The smallest absolute Gasteiger partial charge is 0.264 e. The number of ether oxygens (including phenoxy) is 2. The second kappa shape index (κ2) is 15.3. The molecular weight excluding hydrogens is 682 g/mol. The number of aryl methyl sites for hydroxylation is 1. The van der Waals surface area contributed by atoms with Crippen molar-refractivity contribution in [3.05, 3.63) is 91.9 Å². The topological polar surface area (TPSA) is 91.0 Å². The lowest BCUT2D eigenvalue weighted by atomic mass is 9.83. The van der Waals surface area contributed by atoms with Crippen LogP contribution in [0.2, 0.25) is 0 Å². The normalized spacial score (nSPS) is 18.8. The summed E-state index contributed by atoms with van der Waals surface area (Å²) in [5, 5.41) is 9.91. The van der Waals surface area contributed by atoms with Crippen LogP contribution in [-0.4, -0.2) is 77.8 Å². The Morgan fingerprint density at radius 3 is 2.35 bits per heavy atom. The predicted molar refractivity (Wildman–Crippen MR) is 210 cm³/mol. The third kappa shape index (κ3) is 7.45. The molecule has 2 aromatic carbocycles. The lowest BCUT2D eigenvalue weighted by molar-refractivity contribution is -0.130. The van der Waals surface area contributed by atoms with Gasteiger partial charge in [0, 0.05) is 74.6 Å². The third-order valence-electron chi connectivity index (χ3n) is 12.0. The quantitative estimate of drug-likeness (QED) is 0.154. The SMILES string of the molecule is COc1cc(-c2cn(C)c(=O)c(C)c2C)cc(OC)c1CN1CCN(Cc2cccc3c2CCN(C(=O)/C(C#N)=C\C(C)(C)CF)C3C(C)C)C2(CC2)C1. The van der Waals surface area contributed by atoms with E-state index in [1.165, 1.54) is 17.2 Å². The number of aromatic nitrogens is 1. The molecule has 1 unspecified atom stereocenters. The van der Waals surface area contributed by atoms with Gasteiger partial charge in [0.2, 0.25) is 0 Å². The highest BCUT2D eigenvalue weighted by Gasteiger charge is 2.51. The number of nitrogens with zero attached hydrogens (tertiary/aromatic N) is 5. The molecule has 0 N–H and O–H groups in total. The number of piperazine rings is 1. The van der Waals surface area contributed by atoms with Crippen molar-refractivity contribution in [1.82, 2.24) is 19.3 Å². The summed E-state index contributed by atoms with van der Waals surface area (Å²) in [7, 11) is 5.19. The molecule has 1 saturated heterocycles. The van der Waals surface area contributed by atoms with E-state index in [0.29, 0.717) is 19.5 Å². The van der Waals surface area contributed by atoms with E-state index in [2.05, 4.69) is 60.0 Å².